The molecule has 2 saturated heterocycles. The summed E-state index contributed by atoms with van der Waals surface area (Å²) in [4.78, 5) is 9.59. The maximum absolute atomic E-state index is 5.78. The van der Waals surface area contributed by atoms with Crippen LogP contribution in [0.2, 0.25) is 0 Å². The quantitative estimate of drug-likeness (QED) is 0.918. The van der Waals surface area contributed by atoms with Gasteiger partial charge < -0.3 is 15.5 Å². The van der Waals surface area contributed by atoms with Gasteiger partial charge in [0.2, 0.25) is 0 Å². The van der Waals surface area contributed by atoms with E-state index in [4.69, 9.17) is 5.73 Å². The Kier molecular flexibility index (Phi) is 4.10. The average molecular weight is 274 g/mol. The maximum Gasteiger partial charge on any atom is 0.131 e. The monoisotopic (exact) mass is 274 g/mol. The SMILES string of the molecule is Cc1cc(N)cnc1N1CCC(CN2CCCC2)CC1. The van der Waals surface area contributed by atoms with Crippen molar-refractivity contribution in [3.8, 4) is 0 Å². The number of nitrogen functional groups attached to an aromatic ring is 1. The van der Waals surface area contributed by atoms with Crippen LogP contribution in [0.15, 0.2) is 12.3 Å². The molecule has 0 aromatic carbocycles. The molecule has 0 bridgehead atoms. The van der Waals surface area contributed by atoms with E-state index in [1.54, 1.807) is 6.20 Å². The molecule has 0 atom stereocenters. The van der Waals surface area contributed by atoms with Crippen molar-refractivity contribution in [2.45, 2.75) is 32.6 Å². The van der Waals surface area contributed by atoms with Gasteiger partial charge in [-0.05, 0) is 63.2 Å². The summed E-state index contributed by atoms with van der Waals surface area (Å²) in [5.41, 5.74) is 7.74. The number of aryl methyl sites for hydroxylation is 1. The first-order valence-corrected chi connectivity index (χ1v) is 7.92. The Balaban J connectivity index is 1.55. The fourth-order valence-corrected chi connectivity index (χ4v) is 3.58. The van der Waals surface area contributed by atoms with Crippen LogP contribution in [-0.4, -0.2) is 42.6 Å². The first-order valence-electron chi connectivity index (χ1n) is 7.92. The molecule has 2 aliphatic heterocycles. The van der Waals surface area contributed by atoms with Crippen molar-refractivity contribution < 1.29 is 0 Å². The summed E-state index contributed by atoms with van der Waals surface area (Å²) < 4.78 is 0. The number of likely N-dealkylation sites (tertiary alicyclic amines) is 1. The molecule has 0 saturated carbocycles. The van der Waals surface area contributed by atoms with Crippen molar-refractivity contribution in [1.29, 1.82) is 0 Å². The third-order valence-electron chi connectivity index (χ3n) is 4.70. The second-order valence-electron chi connectivity index (χ2n) is 6.35. The molecule has 0 spiro atoms. The molecular weight excluding hydrogens is 248 g/mol. The first-order chi connectivity index (χ1) is 9.72. The fraction of sp³-hybridized carbons (Fsp3) is 0.688. The first kappa shape index (κ1) is 13.7. The van der Waals surface area contributed by atoms with Crippen molar-refractivity contribution in [3.05, 3.63) is 17.8 Å². The van der Waals surface area contributed by atoms with Gasteiger partial charge in [-0.3, -0.25) is 0 Å². The molecule has 110 valence electrons. The van der Waals surface area contributed by atoms with Gasteiger partial charge in [0, 0.05) is 19.6 Å². The normalized spacial score (nSPS) is 21.6. The summed E-state index contributed by atoms with van der Waals surface area (Å²) in [6.07, 6.45) is 7.16. The summed E-state index contributed by atoms with van der Waals surface area (Å²) >= 11 is 0. The molecule has 4 heteroatoms. The van der Waals surface area contributed by atoms with E-state index >= 15 is 0 Å². The highest BCUT2D eigenvalue weighted by Gasteiger charge is 2.24. The van der Waals surface area contributed by atoms with Gasteiger partial charge in [-0.25, -0.2) is 4.98 Å². The second kappa shape index (κ2) is 6.00. The van der Waals surface area contributed by atoms with Gasteiger partial charge in [-0.15, -0.1) is 0 Å². The predicted octanol–water partition coefficient (Wildman–Crippen LogP) is 2.28. The molecule has 1 aromatic rings. The van der Waals surface area contributed by atoms with Crippen molar-refractivity contribution in [2.75, 3.05) is 43.4 Å². The summed E-state index contributed by atoms with van der Waals surface area (Å²) in [6.45, 7) is 8.32. The third kappa shape index (κ3) is 3.06. The minimum atomic E-state index is 0.759. The van der Waals surface area contributed by atoms with Crippen LogP contribution >= 0.6 is 0 Å². The van der Waals surface area contributed by atoms with Crippen LogP contribution in [0.5, 0.6) is 0 Å². The highest BCUT2D eigenvalue weighted by molar-refractivity contribution is 5.52. The van der Waals surface area contributed by atoms with E-state index in [-0.39, 0.29) is 0 Å². The number of anilines is 2. The number of piperidine rings is 1. The lowest BCUT2D eigenvalue weighted by molar-refractivity contribution is 0.249. The van der Waals surface area contributed by atoms with Crippen LogP contribution in [0, 0.1) is 12.8 Å². The fourth-order valence-electron chi connectivity index (χ4n) is 3.58. The number of aromatic nitrogens is 1. The van der Waals surface area contributed by atoms with Crippen LogP contribution in [-0.2, 0) is 0 Å². The van der Waals surface area contributed by atoms with Crippen LogP contribution in [0.4, 0.5) is 11.5 Å². The van der Waals surface area contributed by atoms with Crippen LogP contribution < -0.4 is 10.6 Å². The summed E-state index contributed by atoms with van der Waals surface area (Å²) in [7, 11) is 0. The van der Waals surface area contributed by atoms with Crippen LogP contribution in [0.25, 0.3) is 0 Å². The minimum Gasteiger partial charge on any atom is -0.397 e. The van der Waals surface area contributed by atoms with E-state index < -0.39 is 0 Å². The van der Waals surface area contributed by atoms with Gasteiger partial charge in [0.15, 0.2) is 0 Å². The van der Waals surface area contributed by atoms with Gasteiger partial charge in [-0.2, -0.15) is 0 Å². The van der Waals surface area contributed by atoms with Crippen LogP contribution in [0.3, 0.4) is 0 Å². The summed E-state index contributed by atoms with van der Waals surface area (Å²) in [5.74, 6) is 2.00. The van der Waals surface area contributed by atoms with E-state index in [2.05, 4.69) is 21.7 Å². The average Bonchev–Trinajstić information content (AvgIpc) is 2.93. The minimum absolute atomic E-state index is 0.759. The largest absolute Gasteiger partial charge is 0.397 e. The smallest absolute Gasteiger partial charge is 0.131 e. The Morgan fingerprint density at radius 2 is 1.90 bits per heavy atom. The Hall–Kier alpha value is -1.29. The molecule has 3 heterocycles. The Bertz CT molecular complexity index is 446. The van der Waals surface area contributed by atoms with Gasteiger partial charge >= 0.3 is 0 Å². The molecule has 0 amide bonds. The zero-order valence-corrected chi connectivity index (χ0v) is 12.5. The lowest BCUT2D eigenvalue weighted by atomic mass is 9.96. The molecular formula is C16H26N4. The third-order valence-corrected chi connectivity index (χ3v) is 4.70. The highest BCUT2D eigenvalue weighted by Crippen LogP contribution is 2.26. The van der Waals surface area contributed by atoms with E-state index in [1.165, 1.54) is 50.9 Å². The predicted molar refractivity (Wildman–Crippen MR) is 84.0 cm³/mol. The van der Waals surface area contributed by atoms with E-state index in [1.807, 2.05) is 6.07 Å². The standard InChI is InChI=1S/C16H26N4/c1-13-10-15(17)11-18-16(13)20-8-4-14(5-9-20)12-19-6-2-3-7-19/h10-11,14H,2-9,12,17H2,1H3. The lowest BCUT2D eigenvalue weighted by Crippen LogP contribution is -2.38. The number of hydrogen-bond acceptors (Lipinski definition) is 4. The Morgan fingerprint density at radius 3 is 2.55 bits per heavy atom. The molecule has 4 nitrogen and oxygen atoms in total. The molecule has 1 aromatic heterocycles. The van der Waals surface area contributed by atoms with Gasteiger partial charge in [0.05, 0.1) is 11.9 Å². The summed E-state index contributed by atoms with van der Waals surface area (Å²) in [5, 5.41) is 0. The number of rotatable bonds is 3. The number of hydrogen-bond donors (Lipinski definition) is 1. The zero-order valence-electron chi connectivity index (χ0n) is 12.5. The molecule has 2 aliphatic rings. The summed E-state index contributed by atoms with van der Waals surface area (Å²) in [6, 6.07) is 2.03. The molecule has 3 rings (SSSR count). The molecule has 0 aliphatic carbocycles. The van der Waals surface area contributed by atoms with E-state index in [0.717, 1.165) is 30.5 Å². The number of nitrogens with zero attached hydrogens (tertiary/aromatic N) is 3. The molecule has 0 radical (unpaired) electrons. The van der Waals surface area contributed by atoms with Gasteiger partial charge in [0.25, 0.3) is 0 Å². The zero-order chi connectivity index (χ0) is 13.9. The Labute approximate surface area is 122 Å². The van der Waals surface area contributed by atoms with Crippen molar-refractivity contribution in [1.82, 2.24) is 9.88 Å². The van der Waals surface area contributed by atoms with E-state index in [9.17, 15) is 0 Å². The number of nitrogens with two attached hydrogens (primary N) is 1. The number of pyridine rings is 1. The highest BCUT2D eigenvalue weighted by atomic mass is 15.2. The van der Waals surface area contributed by atoms with Gasteiger partial charge in [-0.1, -0.05) is 0 Å². The van der Waals surface area contributed by atoms with Crippen LogP contribution in [0.1, 0.15) is 31.2 Å². The molecule has 2 fully saturated rings. The molecule has 20 heavy (non-hydrogen) atoms. The molecule has 0 unspecified atom stereocenters. The topological polar surface area (TPSA) is 45.4 Å². The lowest BCUT2D eigenvalue weighted by Gasteiger charge is -2.35. The second-order valence-corrected chi connectivity index (χ2v) is 6.35. The Morgan fingerprint density at radius 1 is 1.20 bits per heavy atom. The van der Waals surface area contributed by atoms with Crippen molar-refractivity contribution >= 4 is 11.5 Å². The molecule has 2 N–H and O–H groups in total. The maximum atomic E-state index is 5.78. The van der Waals surface area contributed by atoms with Crippen molar-refractivity contribution in [3.63, 3.8) is 0 Å². The van der Waals surface area contributed by atoms with Crippen molar-refractivity contribution in [2.24, 2.45) is 5.92 Å². The van der Waals surface area contributed by atoms with Gasteiger partial charge in [0.1, 0.15) is 5.82 Å². The van der Waals surface area contributed by atoms with E-state index in [0.29, 0.717) is 0 Å².